The van der Waals surface area contributed by atoms with E-state index in [1.165, 1.54) is 11.1 Å². The predicted molar refractivity (Wildman–Crippen MR) is 93.5 cm³/mol. The third kappa shape index (κ3) is 3.25. The molecule has 1 aromatic carbocycles. The number of benzene rings is 1. The Morgan fingerprint density at radius 1 is 1.26 bits per heavy atom. The van der Waals surface area contributed by atoms with Crippen molar-refractivity contribution in [1.82, 2.24) is 5.48 Å². The predicted octanol–water partition coefficient (Wildman–Crippen LogP) is 4.68. The molecule has 3 rings (SSSR count). The summed E-state index contributed by atoms with van der Waals surface area (Å²) in [6.07, 6.45) is 3.56. The third-order valence-electron chi connectivity index (χ3n) is 5.24. The first kappa shape index (κ1) is 17.1. The Labute approximate surface area is 147 Å². The molecule has 1 aromatic rings. The van der Waals surface area contributed by atoms with Gasteiger partial charge in [-0.3, -0.25) is 10.3 Å². The molecule has 0 aliphatic heterocycles. The van der Waals surface area contributed by atoms with Crippen LogP contribution in [-0.2, 0) is 4.84 Å². The summed E-state index contributed by atoms with van der Waals surface area (Å²) in [7, 11) is 1.63. The van der Waals surface area contributed by atoms with Crippen LogP contribution < -0.4 is 5.48 Å². The van der Waals surface area contributed by atoms with E-state index in [2.05, 4.69) is 18.5 Å². The highest BCUT2D eigenvalue weighted by Crippen LogP contribution is 2.53. The van der Waals surface area contributed by atoms with Gasteiger partial charge in [0.05, 0.1) is 23.3 Å². The molecule has 0 radical (unpaired) electrons. The Balaban J connectivity index is 2.06. The Bertz CT molecular complexity index is 617. The third-order valence-corrected chi connectivity index (χ3v) is 5.98. The number of hydroxylamine groups is 1. The van der Waals surface area contributed by atoms with Crippen molar-refractivity contribution >= 4 is 23.2 Å². The summed E-state index contributed by atoms with van der Waals surface area (Å²) >= 11 is 12.3. The lowest BCUT2D eigenvalue weighted by Crippen LogP contribution is -2.27. The van der Waals surface area contributed by atoms with Crippen molar-refractivity contribution in [2.24, 2.45) is 11.8 Å². The highest BCUT2D eigenvalue weighted by molar-refractivity contribution is 6.42. The van der Waals surface area contributed by atoms with Crippen LogP contribution in [0.1, 0.15) is 44.1 Å². The molecule has 126 valence electrons. The first-order valence-electron chi connectivity index (χ1n) is 8.20. The van der Waals surface area contributed by atoms with E-state index in [9.17, 15) is 5.11 Å². The average Bonchev–Trinajstić information content (AvgIpc) is 2.83. The molecule has 0 saturated heterocycles. The van der Waals surface area contributed by atoms with Crippen molar-refractivity contribution in [1.29, 1.82) is 0 Å². The largest absolute Gasteiger partial charge is 0.392 e. The van der Waals surface area contributed by atoms with Gasteiger partial charge in [0.1, 0.15) is 0 Å². The number of allylic oxidation sites excluding steroid dienone is 1. The quantitative estimate of drug-likeness (QED) is 0.770. The Morgan fingerprint density at radius 3 is 2.70 bits per heavy atom. The van der Waals surface area contributed by atoms with Crippen LogP contribution >= 0.6 is 23.2 Å². The van der Waals surface area contributed by atoms with Gasteiger partial charge in [0, 0.05) is 17.5 Å². The number of fused-ring (bicyclic) bond motifs is 2. The molecule has 2 unspecified atom stereocenters. The average molecular weight is 356 g/mol. The normalized spacial score (nSPS) is 32.0. The van der Waals surface area contributed by atoms with Crippen LogP contribution in [0.2, 0.25) is 10.0 Å². The van der Waals surface area contributed by atoms with Crippen LogP contribution in [0.25, 0.3) is 0 Å². The van der Waals surface area contributed by atoms with Gasteiger partial charge in [-0.15, -0.1) is 0 Å². The van der Waals surface area contributed by atoms with E-state index < -0.39 is 0 Å². The fraction of sp³-hybridized carbons (Fsp3) is 0.556. The van der Waals surface area contributed by atoms with Gasteiger partial charge < -0.3 is 5.11 Å². The zero-order valence-electron chi connectivity index (χ0n) is 13.5. The van der Waals surface area contributed by atoms with Crippen molar-refractivity contribution in [2.75, 3.05) is 7.11 Å². The van der Waals surface area contributed by atoms with Crippen molar-refractivity contribution < 1.29 is 9.94 Å². The molecule has 0 amide bonds. The first-order chi connectivity index (χ1) is 11.0. The van der Waals surface area contributed by atoms with Gasteiger partial charge in [0.25, 0.3) is 0 Å². The summed E-state index contributed by atoms with van der Waals surface area (Å²) in [5.74, 6) is 1.02. The van der Waals surface area contributed by atoms with Gasteiger partial charge in [0.15, 0.2) is 0 Å². The summed E-state index contributed by atoms with van der Waals surface area (Å²) in [5.41, 5.74) is 6.56. The molecule has 4 atom stereocenters. The Kier molecular flexibility index (Phi) is 5.22. The molecule has 0 aromatic heterocycles. The summed E-state index contributed by atoms with van der Waals surface area (Å²) in [5, 5.41) is 11.7. The van der Waals surface area contributed by atoms with Gasteiger partial charge in [0.2, 0.25) is 0 Å². The second-order valence-corrected chi connectivity index (χ2v) is 7.38. The molecular weight excluding hydrogens is 333 g/mol. The summed E-state index contributed by atoms with van der Waals surface area (Å²) in [6.45, 7) is 2.10. The maximum absolute atomic E-state index is 10.5. The molecule has 23 heavy (non-hydrogen) atoms. The number of halogens is 2. The van der Waals surface area contributed by atoms with Crippen molar-refractivity contribution in [2.45, 2.75) is 44.6 Å². The van der Waals surface area contributed by atoms with Crippen LogP contribution in [0.15, 0.2) is 29.5 Å². The van der Waals surface area contributed by atoms with Gasteiger partial charge in [-0.1, -0.05) is 36.2 Å². The summed E-state index contributed by atoms with van der Waals surface area (Å²) in [6, 6.07) is 5.88. The van der Waals surface area contributed by atoms with Gasteiger partial charge >= 0.3 is 0 Å². The lowest BCUT2D eigenvalue weighted by Gasteiger charge is -2.34. The molecule has 2 aliphatic carbocycles. The zero-order chi connectivity index (χ0) is 16.6. The molecule has 2 bridgehead atoms. The van der Waals surface area contributed by atoms with E-state index in [0.29, 0.717) is 16.0 Å². The molecule has 2 aliphatic rings. The van der Waals surface area contributed by atoms with E-state index in [-0.39, 0.29) is 17.9 Å². The highest BCUT2D eigenvalue weighted by Gasteiger charge is 2.45. The maximum atomic E-state index is 10.5. The molecule has 2 saturated carbocycles. The van der Waals surface area contributed by atoms with Crippen LogP contribution in [0.4, 0.5) is 0 Å². The van der Waals surface area contributed by atoms with Crippen LogP contribution in [0.5, 0.6) is 0 Å². The topological polar surface area (TPSA) is 41.5 Å². The van der Waals surface area contributed by atoms with Crippen LogP contribution in [0, 0.1) is 11.8 Å². The van der Waals surface area contributed by atoms with E-state index >= 15 is 0 Å². The fourth-order valence-corrected chi connectivity index (χ4v) is 4.61. The molecule has 0 spiro atoms. The fourth-order valence-electron chi connectivity index (χ4n) is 4.30. The number of aliphatic hydroxyl groups excluding tert-OH is 1. The zero-order valence-corrected chi connectivity index (χ0v) is 15.0. The molecule has 2 N–H and O–H groups in total. The van der Waals surface area contributed by atoms with Crippen molar-refractivity contribution in [3.63, 3.8) is 0 Å². The second-order valence-electron chi connectivity index (χ2n) is 6.57. The number of hydrogen-bond acceptors (Lipinski definition) is 3. The molecule has 2 fully saturated rings. The number of hydrogen-bond donors (Lipinski definition) is 2. The Morgan fingerprint density at radius 2 is 2.04 bits per heavy atom. The number of nitrogens with one attached hydrogen (secondary N) is 1. The summed E-state index contributed by atoms with van der Waals surface area (Å²) in [4.78, 5) is 5.18. The van der Waals surface area contributed by atoms with E-state index in [0.717, 1.165) is 31.4 Å². The highest BCUT2D eigenvalue weighted by atomic mass is 35.5. The molecule has 3 nitrogen and oxygen atoms in total. The van der Waals surface area contributed by atoms with E-state index in [1.807, 2.05) is 12.1 Å². The minimum Gasteiger partial charge on any atom is -0.392 e. The minimum absolute atomic E-state index is 0.200. The smallest absolute Gasteiger partial charge is 0.0636 e. The van der Waals surface area contributed by atoms with Gasteiger partial charge in [-0.25, -0.2) is 0 Å². The standard InChI is InChI=1S/C18H23Cl2NO2/c1-3-16(21-23-2)18-12(6-10-7-13(18)17(22)8-10)11-4-5-14(19)15(20)9-11/h4-5,9-10,12-13,17,21-22H,3,6-8H2,1-2H3/t10?,12-,13+,17?/m1/s1. The second kappa shape index (κ2) is 7.02. The van der Waals surface area contributed by atoms with E-state index in [4.69, 9.17) is 28.0 Å². The Hall–Kier alpha value is -0.740. The lowest BCUT2D eigenvalue weighted by molar-refractivity contribution is 0.108. The van der Waals surface area contributed by atoms with Crippen molar-refractivity contribution in [3.8, 4) is 0 Å². The molecular formula is C18H23Cl2NO2. The van der Waals surface area contributed by atoms with Gasteiger partial charge in [-0.2, -0.15) is 0 Å². The first-order valence-corrected chi connectivity index (χ1v) is 8.95. The van der Waals surface area contributed by atoms with Crippen LogP contribution in [-0.4, -0.2) is 18.3 Å². The van der Waals surface area contributed by atoms with Gasteiger partial charge in [-0.05, 0) is 54.9 Å². The lowest BCUT2D eigenvalue weighted by atomic mass is 9.72. The maximum Gasteiger partial charge on any atom is 0.0636 e. The number of rotatable bonds is 4. The number of aliphatic hydroxyl groups is 1. The van der Waals surface area contributed by atoms with Crippen LogP contribution in [0.3, 0.4) is 0 Å². The molecule has 5 heteroatoms. The molecule has 0 heterocycles. The van der Waals surface area contributed by atoms with E-state index in [1.54, 1.807) is 7.11 Å². The monoisotopic (exact) mass is 355 g/mol. The SMILES string of the molecule is CCC(NOC)=C1[C@H]2CC(CC2O)C[C@@H]1c1ccc(Cl)c(Cl)c1. The van der Waals surface area contributed by atoms with Crippen molar-refractivity contribution in [3.05, 3.63) is 45.1 Å². The minimum atomic E-state index is -0.261. The summed E-state index contributed by atoms with van der Waals surface area (Å²) < 4.78 is 0.